The first-order chi connectivity index (χ1) is 10.3. The van der Waals surface area contributed by atoms with E-state index in [0.717, 1.165) is 22.2 Å². The average molecular weight is 286 g/mol. The highest BCUT2D eigenvalue weighted by Crippen LogP contribution is 2.23. The number of ether oxygens (including phenoxy) is 3. The number of hydrogen-bond acceptors (Lipinski definition) is 5. The van der Waals surface area contributed by atoms with Crippen LogP contribution in [0.25, 0.3) is 17.0 Å². The first-order valence-electron chi connectivity index (χ1n) is 6.86. The predicted molar refractivity (Wildman–Crippen MR) is 81.0 cm³/mol. The normalized spacial score (nSPS) is 22.8. The summed E-state index contributed by atoms with van der Waals surface area (Å²) in [5.41, 5.74) is 7.68. The van der Waals surface area contributed by atoms with Crippen LogP contribution in [-0.2, 0) is 9.47 Å². The van der Waals surface area contributed by atoms with Gasteiger partial charge in [0.25, 0.3) is 0 Å². The molecule has 0 bridgehead atoms. The molecule has 0 saturated carbocycles. The summed E-state index contributed by atoms with van der Waals surface area (Å²) in [5.74, 6) is 0.807. The average Bonchev–Trinajstić information content (AvgIpc) is 2.54. The Bertz CT molecular complexity index is 649. The fraction of sp³-hybridized carbons (Fsp3) is 0.312. The molecule has 0 unspecified atom stereocenters. The molecule has 3 rings (SSSR count). The number of nitrogens with two attached hydrogens (primary N) is 1. The van der Waals surface area contributed by atoms with Gasteiger partial charge in [0.1, 0.15) is 5.75 Å². The second-order valence-electron chi connectivity index (χ2n) is 4.94. The van der Waals surface area contributed by atoms with Gasteiger partial charge in [-0.15, -0.1) is 0 Å². The largest absolute Gasteiger partial charge is 0.497 e. The van der Waals surface area contributed by atoms with Crippen molar-refractivity contribution in [3.05, 3.63) is 42.1 Å². The molecule has 0 aliphatic carbocycles. The third-order valence-electron chi connectivity index (χ3n) is 3.36. The number of rotatable bonds is 3. The van der Waals surface area contributed by atoms with Gasteiger partial charge in [-0.05, 0) is 35.9 Å². The van der Waals surface area contributed by atoms with Gasteiger partial charge in [0.15, 0.2) is 6.29 Å². The zero-order valence-corrected chi connectivity index (χ0v) is 11.9. The lowest BCUT2D eigenvalue weighted by molar-refractivity contribution is -0.157. The van der Waals surface area contributed by atoms with E-state index in [9.17, 15) is 0 Å². The Morgan fingerprint density at radius 3 is 2.86 bits per heavy atom. The number of hydrogen-bond donors (Lipinski definition) is 1. The first-order valence-corrected chi connectivity index (χ1v) is 6.86. The minimum Gasteiger partial charge on any atom is -0.497 e. The Hall–Kier alpha value is -1.95. The molecule has 1 aliphatic rings. The Morgan fingerprint density at radius 1 is 1.29 bits per heavy atom. The van der Waals surface area contributed by atoms with E-state index in [2.05, 4.69) is 4.98 Å². The van der Waals surface area contributed by atoms with Crippen LogP contribution in [0.4, 0.5) is 0 Å². The van der Waals surface area contributed by atoms with Gasteiger partial charge < -0.3 is 19.9 Å². The van der Waals surface area contributed by atoms with Gasteiger partial charge in [0, 0.05) is 11.6 Å². The standard InChI is InChI=1S/C16H18N2O3/c1-19-13-3-4-15-14(8-13)11(6-7-18-15)2-5-16-20-9-12(17)10-21-16/h2-8,12,16H,9-10,17H2,1H3/b5-2+/t12-,16-. The maximum absolute atomic E-state index is 5.71. The predicted octanol–water partition coefficient (Wildman–Crippen LogP) is 1.96. The zero-order chi connectivity index (χ0) is 14.7. The van der Waals surface area contributed by atoms with Crippen molar-refractivity contribution in [2.45, 2.75) is 12.3 Å². The topological polar surface area (TPSA) is 66.6 Å². The summed E-state index contributed by atoms with van der Waals surface area (Å²) in [6, 6.07) is 7.73. The number of fused-ring (bicyclic) bond motifs is 1. The van der Waals surface area contributed by atoms with Crippen molar-refractivity contribution in [3.63, 3.8) is 0 Å². The fourth-order valence-corrected chi connectivity index (χ4v) is 2.25. The van der Waals surface area contributed by atoms with Crippen LogP contribution in [-0.4, -0.2) is 37.6 Å². The molecule has 5 heteroatoms. The van der Waals surface area contributed by atoms with E-state index in [4.69, 9.17) is 19.9 Å². The highest BCUT2D eigenvalue weighted by molar-refractivity contribution is 5.88. The summed E-state index contributed by atoms with van der Waals surface area (Å²) in [5, 5.41) is 1.03. The van der Waals surface area contributed by atoms with Crippen molar-refractivity contribution < 1.29 is 14.2 Å². The van der Waals surface area contributed by atoms with Crippen LogP contribution in [0.2, 0.25) is 0 Å². The smallest absolute Gasteiger partial charge is 0.177 e. The van der Waals surface area contributed by atoms with Gasteiger partial charge >= 0.3 is 0 Å². The molecule has 1 aliphatic heterocycles. The molecule has 5 nitrogen and oxygen atoms in total. The summed E-state index contributed by atoms with van der Waals surface area (Å²) in [4.78, 5) is 4.35. The van der Waals surface area contributed by atoms with Crippen molar-refractivity contribution in [3.8, 4) is 5.75 Å². The molecule has 0 spiro atoms. The summed E-state index contributed by atoms with van der Waals surface area (Å²) < 4.78 is 16.3. The first kappa shape index (κ1) is 14.0. The molecule has 0 amide bonds. The Morgan fingerprint density at radius 2 is 2.10 bits per heavy atom. The number of benzene rings is 1. The molecular formula is C16H18N2O3. The minimum atomic E-state index is -0.348. The summed E-state index contributed by atoms with van der Waals surface area (Å²) in [7, 11) is 1.65. The van der Waals surface area contributed by atoms with Gasteiger partial charge in [-0.3, -0.25) is 4.98 Å². The van der Waals surface area contributed by atoms with E-state index in [1.54, 1.807) is 13.3 Å². The highest BCUT2D eigenvalue weighted by Gasteiger charge is 2.16. The molecule has 110 valence electrons. The van der Waals surface area contributed by atoms with Crippen LogP contribution >= 0.6 is 0 Å². The van der Waals surface area contributed by atoms with Crippen LogP contribution in [0.3, 0.4) is 0 Å². The van der Waals surface area contributed by atoms with Gasteiger partial charge in [0.05, 0.1) is 31.9 Å². The van der Waals surface area contributed by atoms with Crippen LogP contribution in [0.15, 0.2) is 36.5 Å². The Kier molecular flexibility index (Phi) is 4.15. The van der Waals surface area contributed by atoms with E-state index in [1.807, 2.05) is 36.4 Å². The van der Waals surface area contributed by atoms with Crippen LogP contribution in [0.5, 0.6) is 5.75 Å². The van der Waals surface area contributed by atoms with E-state index in [0.29, 0.717) is 13.2 Å². The fourth-order valence-electron chi connectivity index (χ4n) is 2.25. The molecule has 0 atom stereocenters. The van der Waals surface area contributed by atoms with E-state index in [-0.39, 0.29) is 12.3 Å². The van der Waals surface area contributed by atoms with Gasteiger partial charge in [-0.25, -0.2) is 0 Å². The highest BCUT2D eigenvalue weighted by atomic mass is 16.7. The Labute approximate surface area is 123 Å². The summed E-state index contributed by atoms with van der Waals surface area (Å²) in [6.45, 7) is 1.03. The van der Waals surface area contributed by atoms with E-state index in [1.165, 1.54) is 0 Å². The molecule has 1 fully saturated rings. The molecule has 21 heavy (non-hydrogen) atoms. The molecule has 0 radical (unpaired) electrons. The molecular weight excluding hydrogens is 268 g/mol. The number of aromatic nitrogens is 1. The lowest BCUT2D eigenvalue weighted by Crippen LogP contribution is -2.40. The van der Waals surface area contributed by atoms with Gasteiger partial charge in [-0.2, -0.15) is 0 Å². The Balaban J connectivity index is 1.86. The minimum absolute atomic E-state index is 0.0410. The number of pyridine rings is 1. The molecule has 2 aromatic rings. The third-order valence-corrected chi connectivity index (χ3v) is 3.36. The second-order valence-corrected chi connectivity index (χ2v) is 4.94. The van der Waals surface area contributed by atoms with Crippen LogP contribution in [0, 0.1) is 0 Å². The maximum atomic E-state index is 5.71. The van der Waals surface area contributed by atoms with Crippen LogP contribution in [0.1, 0.15) is 5.56 Å². The van der Waals surface area contributed by atoms with Gasteiger partial charge in [0.2, 0.25) is 0 Å². The summed E-state index contributed by atoms with van der Waals surface area (Å²) >= 11 is 0. The van der Waals surface area contributed by atoms with Crippen molar-refractivity contribution in [1.82, 2.24) is 4.98 Å². The van der Waals surface area contributed by atoms with Crippen molar-refractivity contribution in [2.24, 2.45) is 5.73 Å². The molecule has 2 N–H and O–H groups in total. The number of nitrogens with zero attached hydrogens (tertiary/aromatic N) is 1. The molecule has 1 aromatic carbocycles. The maximum Gasteiger partial charge on any atom is 0.177 e. The van der Waals surface area contributed by atoms with E-state index >= 15 is 0 Å². The molecule has 1 saturated heterocycles. The van der Waals surface area contributed by atoms with E-state index < -0.39 is 0 Å². The molecule has 1 aromatic heterocycles. The quantitative estimate of drug-likeness (QED) is 0.934. The second kappa shape index (κ2) is 6.22. The lowest BCUT2D eigenvalue weighted by Gasteiger charge is -2.25. The summed E-state index contributed by atoms with van der Waals surface area (Å²) in [6.07, 6.45) is 5.30. The SMILES string of the molecule is COc1ccc2nccc(/C=C/[C@H]3OC[C@H](N)CO3)c2c1. The lowest BCUT2D eigenvalue weighted by atomic mass is 10.1. The third kappa shape index (κ3) is 3.21. The molecule has 2 heterocycles. The van der Waals surface area contributed by atoms with Crippen LogP contribution < -0.4 is 10.5 Å². The number of methoxy groups -OCH3 is 1. The van der Waals surface area contributed by atoms with Crippen molar-refractivity contribution >= 4 is 17.0 Å². The van der Waals surface area contributed by atoms with Gasteiger partial charge in [-0.1, -0.05) is 6.08 Å². The monoisotopic (exact) mass is 286 g/mol. The van der Waals surface area contributed by atoms with Crippen molar-refractivity contribution in [2.75, 3.05) is 20.3 Å². The zero-order valence-electron chi connectivity index (χ0n) is 11.9. The van der Waals surface area contributed by atoms with Crippen molar-refractivity contribution in [1.29, 1.82) is 0 Å².